The molecule has 1 fully saturated rings. The molecule has 1 aliphatic rings. The van der Waals surface area contributed by atoms with Gasteiger partial charge in [-0.15, -0.1) is 0 Å². The highest BCUT2D eigenvalue weighted by Gasteiger charge is 2.20. The zero-order valence-electron chi connectivity index (χ0n) is 16.5. The van der Waals surface area contributed by atoms with Crippen molar-refractivity contribution in [2.24, 2.45) is 5.92 Å². The molecule has 2 aromatic carbocycles. The fourth-order valence-electron chi connectivity index (χ4n) is 4.06. The third-order valence-electron chi connectivity index (χ3n) is 5.70. The Bertz CT molecular complexity index is 938. The van der Waals surface area contributed by atoms with Gasteiger partial charge in [0.15, 0.2) is 4.77 Å². The van der Waals surface area contributed by atoms with Crippen molar-refractivity contribution in [3.8, 4) is 0 Å². The Morgan fingerprint density at radius 2 is 1.54 bits per heavy atom. The number of aromatic nitrogens is 3. The van der Waals surface area contributed by atoms with E-state index in [1.165, 1.54) is 30.4 Å². The Balaban J connectivity index is 1.35. The normalized spacial score (nSPS) is 15.8. The lowest BCUT2D eigenvalue weighted by atomic mass is 9.90. The Kier molecular flexibility index (Phi) is 6.03. The maximum Gasteiger partial charge on any atom is 0.199 e. The summed E-state index contributed by atoms with van der Waals surface area (Å²) in [6.07, 6.45) is 3.68. The van der Waals surface area contributed by atoms with E-state index in [4.69, 9.17) is 17.3 Å². The molecule has 3 aromatic rings. The topological polar surface area (TPSA) is 26.0 Å². The SMILES string of the molecule is Cc1nn(CN2CCC(Cc3ccccc3)CC2)c(=S)n1Cc1ccccc1. The maximum atomic E-state index is 5.73. The van der Waals surface area contributed by atoms with Gasteiger partial charge in [0.25, 0.3) is 0 Å². The summed E-state index contributed by atoms with van der Waals surface area (Å²) in [6, 6.07) is 21.3. The first-order chi connectivity index (χ1) is 13.7. The van der Waals surface area contributed by atoms with Gasteiger partial charge in [0.1, 0.15) is 5.82 Å². The first-order valence-electron chi connectivity index (χ1n) is 10.1. The molecule has 0 bridgehead atoms. The molecule has 5 heteroatoms. The number of benzene rings is 2. The number of hydrogen-bond acceptors (Lipinski definition) is 3. The summed E-state index contributed by atoms with van der Waals surface area (Å²) >= 11 is 5.73. The first-order valence-corrected chi connectivity index (χ1v) is 10.5. The quantitative estimate of drug-likeness (QED) is 0.570. The highest BCUT2D eigenvalue weighted by molar-refractivity contribution is 7.71. The zero-order chi connectivity index (χ0) is 19.3. The van der Waals surface area contributed by atoms with E-state index >= 15 is 0 Å². The van der Waals surface area contributed by atoms with E-state index in [1.54, 1.807) is 0 Å². The molecule has 0 N–H and O–H groups in total. The van der Waals surface area contributed by atoms with Crippen LogP contribution in [0.25, 0.3) is 0 Å². The van der Waals surface area contributed by atoms with Crippen LogP contribution in [0, 0.1) is 17.6 Å². The molecule has 4 nitrogen and oxygen atoms in total. The van der Waals surface area contributed by atoms with Gasteiger partial charge in [-0.3, -0.25) is 9.47 Å². The number of rotatable bonds is 6. The molecule has 1 aromatic heterocycles. The summed E-state index contributed by atoms with van der Waals surface area (Å²) in [6.45, 7) is 5.85. The Morgan fingerprint density at radius 3 is 2.18 bits per heavy atom. The van der Waals surface area contributed by atoms with Crippen molar-refractivity contribution >= 4 is 12.2 Å². The van der Waals surface area contributed by atoms with Crippen LogP contribution in [-0.4, -0.2) is 32.3 Å². The van der Waals surface area contributed by atoms with Gasteiger partial charge in [-0.05, 0) is 55.4 Å². The van der Waals surface area contributed by atoms with E-state index in [2.05, 4.69) is 64.1 Å². The van der Waals surface area contributed by atoms with Crippen molar-refractivity contribution in [3.63, 3.8) is 0 Å². The van der Waals surface area contributed by atoms with E-state index in [1.807, 2.05) is 17.7 Å². The van der Waals surface area contributed by atoms with Crippen molar-refractivity contribution in [2.45, 2.75) is 39.4 Å². The fourth-order valence-corrected chi connectivity index (χ4v) is 4.35. The molecule has 146 valence electrons. The minimum atomic E-state index is 0.781. The molecule has 0 radical (unpaired) electrons. The van der Waals surface area contributed by atoms with E-state index < -0.39 is 0 Å². The van der Waals surface area contributed by atoms with Crippen LogP contribution in [0.15, 0.2) is 60.7 Å². The predicted molar refractivity (Wildman–Crippen MR) is 116 cm³/mol. The lowest BCUT2D eigenvalue weighted by Crippen LogP contribution is -2.36. The molecular formula is C23H28N4S. The highest BCUT2D eigenvalue weighted by atomic mass is 32.1. The van der Waals surface area contributed by atoms with Gasteiger partial charge in [0.2, 0.25) is 0 Å². The second-order valence-corrected chi connectivity index (χ2v) is 8.16. The largest absolute Gasteiger partial charge is 0.300 e. The first kappa shape index (κ1) is 19.1. The summed E-state index contributed by atoms with van der Waals surface area (Å²) in [7, 11) is 0. The third-order valence-corrected chi connectivity index (χ3v) is 6.13. The van der Waals surface area contributed by atoms with Crippen LogP contribution in [0.5, 0.6) is 0 Å². The molecule has 28 heavy (non-hydrogen) atoms. The van der Waals surface area contributed by atoms with Crippen LogP contribution in [0.4, 0.5) is 0 Å². The molecule has 2 heterocycles. The van der Waals surface area contributed by atoms with Crippen LogP contribution in [0.1, 0.15) is 29.8 Å². The van der Waals surface area contributed by atoms with E-state index in [-0.39, 0.29) is 0 Å². The second-order valence-electron chi connectivity index (χ2n) is 7.79. The van der Waals surface area contributed by atoms with Gasteiger partial charge in [-0.25, -0.2) is 4.68 Å². The molecule has 0 amide bonds. The number of hydrogen-bond donors (Lipinski definition) is 0. The van der Waals surface area contributed by atoms with Crippen LogP contribution < -0.4 is 0 Å². The fraction of sp³-hybridized carbons (Fsp3) is 0.391. The summed E-state index contributed by atoms with van der Waals surface area (Å²) < 4.78 is 4.94. The average molecular weight is 393 g/mol. The van der Waals surface area contributed by atoms with Gasteiger partial charge < -0.3 is 0 Å². The van der Waals surface area contributed by atoms with Gasteiger partial charge in [-0.2, -0.15) is 5.10 Å². The molecule has 0 saturated carbocycles. The molecule has 0 atom stereocenters. The molecule has 1 aliphatic heterocycles. The lowest BCUT2D eigenvalue weighted by molar-refractivity contribution is 0.139. The summed E-state index contributed by atoms with van der Waals surface area (Å²) in [4.78, 5) is 2.48. The Hall–Kier alpha value is -2.24. The Morgan fingerprint density at radius 1 is 0.929 bits per heavy atom. The van der Waals surface area contributed by atoms with E-state index in [9.17, 15) is 0 Å². The van der Waals surface area contributed by atoms with Crippen LogP contribution in [0.2, 0.25) is 0 Å². The second kappa shape index (κ2) is 8.84. The third kappa shape index (κ3) is 4.59. The van der Waals surface area contributed by atoms with Crippen molar-refractivity contribution < 1.29 is 0 Å². The molecular weight excluding hydrogens is 364 g/mol. The lowest BCUT2D eigenvalue weighted by Gasteiger charge is -2.31. The minimum absolute atomic E-state index is 0.781. The monoisotopic (exact) mass is 392 g/mol. The van der Waals surface area contributed by atoms with Gasteiger partial charge in [0.05, 0.1) is 13.2 Å². The summed E-state index contributed by atoms with van der Waals surface area (Å²) in [5.74, 6) is 1.76. The van der Waals surface area contributed by atoms with E-state index in [0.717, 1.165) is 42.8 Å². The molecule has 4 rings (SSSR count). The van der Waals surface area contributed by atoms with Gasteiger partial charge >= 0.3 is 0 Å². The minimum Gasteiger partial charge on any atom is -0.300 e. The number of likely N-dealkylation sites (tertiary alicyclic amines) is 1. The predicted octanol–water partition coefficient (Wildman–Crippen LogP) is 4.68. The zero-order valence-corrected chi connectivity index (χ0v) is 17.3. The van der Waals surface area contributed by atoms with Gasteiger partial charge in [-0.1, -0.05) is 60.7 Å². The van der Waals surface area contributed by atoms with Crippen LogP contribution in [0.3, 0.4) is 0 Å². The molecule has 0 aliphatic carbocycles. The molecule has 0 unspecified atom stereocenters. The van der Waals surface area contributed by atoms with Crippen molar-refractivity contribution in [2.75, 3.05) is 13.1 Å². The van der Waals surface area contributed by atoms with Crippen molar-refractivity contribution in [1.29, 1.82) is 0 Å². The number of aryl methyl sites for hydroxylation is 1. The Labute approximate surface area is 172 Å². The van der Waals surface area contributed by atoms with Crippen LogP contribution in [-0.2, 0) is 19.6 Å². The smallest absolute Gasteiger partial charge is 0.199 e. The standard InChI is InChI=1S/C23H28N4S/c1-19-24-27(23(28)26(19)17-22-10-6-3-7-11-22)18-25-14-12-21(13-15-25)16-20-8-4-2-5-9-20/h2-11,21H,12-18H2,1H3. The van der Waals surface area contributed by atoms with Crippen LogP contribution >= 0.6 is 12.2 Å². The molecule has 0 spiro atoms. The van der Waals surface area contributed by atoms with E-state index in [0.29, 0.717) is 0 Å². The van der Waals surface area contributed by atoms with Crippen molar-refractivity contribution in [3.05, 3.63) is 82.4 Å². The van der Waals surface area contributed by atoms with Crippen molar-refractivity contribution in [1.82, 2.24) is 19.2 Å². The number of nitrogens with zero attached hydrogens (tertiary/aromatic N) is 4. The summed E-state index contributed by atoms with van der Waals surface area (Å²) in [5, 5.41) is 4.72. The average Bonchev–Trinajstić information content (AvgIpc) is 2.98. The molecule has 1 saturated heterocycles. The summed E-state index contributed by atoms with van der Waals surface area (Å²) in [5.41, 5.74) is 2.71. The number of piperidine rings is 1. The van der Waals surface area contributed by atoms with Gasteiger partial charge in [0, 0.05) is 13.1 Å². The maximum absolute atomic E-state index is 5.73. The highest BCUT2D eigenvalue weighted by Crippen LogP contribution is 2.22.